The molecule has 0 saturated carbocycles. The maximum atomic E-state index is 12.6. The topological polar surface area (TPSA) is 84.7 Å². The number of Topliss-reactive ketones (excluding diaryl/α,β-unsaturated/α-hetero) is 1. The molecule has 24 heavy (non-hydrogen) atoms. The molecular formula is C17H25N3O4. The summed E-state index contributed by atoms with van der Waals surface area (Å²) in [6, 6.07) is -0.195. The number of carbonyl (C=O) groups excluding carboxylic acids is 1. The number of likely N-dealkylation sites (tertiary alicyclic amines) is 1. The van der Waals surface area contributed by atoms with E-state index in [1.54, 1.807) is 10.9 Å². The molecule has 2 aliphatic heterocycles. The highest BCUT2D eigenvalue weighted by Gasteiger charge is 2.51. The number of carbonyl (C=O) groups is 2. The van der Waals surface area contributed by atoms with Gasteiger partial charge in [-0.05, 0) is 12.3 Å². The number of aryl methyl sites for hydroxylation is 1. The Labute approximate surface area is 141 Å². The zero-order valence-corrected chi connectivity index (χ0v) is 14.7. The van der Waals surface area contributed by atoms with E-state index in [1.165, 1.54) is 4.90 Å². The summed E-state index contributed by atoms with van der Waals surface area (Å²) >= 11 is 0. The minimum absolute atomic E-state index is 0.0140. The molecule has 3 heterocycles. The van der Waals surface area contributed by atoms with E-state index in [1.807, 2.05) is 27.7 Å². The lowest BCUT2D eigenvalue weighted by atomic mass is 9.72. The number of nitrogens with zero attached hydrogens (tertiary/aromatic N) is 3. The first-order chi connectivity index (χ1) is 11.1. The van der Waals surface area contributed by atoms with Crippen LogP contribution >= 0.6 is 0 Å². The summed E-state index contributed by atoms with van der Waals surface area (Å²) in [5.74, 6) is 0.518. The fourth-order valence-corrected chi connectivity index (χ4v) is 3.78. The molecule has 2 unspecified atom stereocenters. The van der Waals surface area contributed by atoms with E-state index < -0.39 is 11.7 Å². The van der Waals surface area contributed by atoms with Crippen molar-refractivity contribution in [1.29, 1.82) is 0 Å². The molecule has 1 saturated heterocycles. The quantitative estimate of drug-likeness (QED) is 0.853. The average Bonchev–Trinajstić information content (AvgIpc) is 2.89. The van der Waals surface area contributed by atoms with Crippen molar-refractivity contribution in [2.24, 2.45) is 5.41 Å². The van der Waals surface area contributed by atoms with E-state index >= 15 is 0 Å². The van der Waals surface area contributed by atoms with Crippen LogP contribution < -0.4 is 4.74 Å². The summed E-state index contributed by atoms with van der Waals surface area (Å²) < 4.78 is 7.95. The number of hydrogen-bond donors (Lipinski definition) is 1. The maximum Gasteiger partial charge on any atom is 0.407 e. The van der Waals surface area contributed by atoms with Gasteiger partial charge in [0.2, 0.25) is 0 Å². The largest absolute Gasteiger partial charge is 0.483 e. The monoisotopic (exact) mass is 335 g/mol. The van der Waals surface area contributed by atoms with Crippen molar-refractivity contribution in [1.82, 2.24) is 14.7 Å². The molecule has 1 aromatic heterocycles. The van der Waals surface area contributed by atoms with Crippen LogP contribution in [0.5, 0.6) is 5.75 Å². The van der Waals surface area contributed by atoms with Gasteiger partial charge in [-0.2, -0.15) is 5.10 Å². The zero-order valence-electron chi connectivity index (χ0n) is 14.7. The SMILES string of the molecule is CCn1cc2c(n1)C(=O)CC1(CCN(C(=O)O)C(C(C)(C)C)C1)O2. The summed E-state index contributed by atoms with van der Waals surface area (Å²) in [5, 5.41) is 13.8. The molecule has 3 rings (SSSR count). The Hall–Kier alpha value is -2.05. The highest BCUT2D eigenvalue weighted by molar-refractivity contribution is 5.98. The van der Waals surface area contributed by atoms with Crippen molar-refractivity contribution in [3.8, 4) is 5.75 Å². The Balaban J connectivity index is 1.92. The van der Waals surface area contributed by atoms with E-state index in [0.717, 1.165) is 0 Å². The van der Waals surface area contributed by atoms with E-state index in [9.17, 15) is 14.7 Å². The van der Waals surface area contributed by atoms with Crippen molar-refractivity contribution in [2.45, 2.75) is 65.1 Å². The van der Waals surface area contributed by atoms with Gasteiger partial charge in [-0.3, -0.25) is 9.48 Å². The normalized spacial score (nSPS) is 27.1. The highest BCUT2D eigenvalue weighted by Crippen LogP contribution is 2.44. The van der Waals surface area contributed by atoms with Gasteiger partial charge in [-0.25, -0.2) is 4.79 Å². The van der Waals surface area contributed by atoms with Crippen LogP contribution in [0.25, 0.3) is 0 Å². The lowest BCUT2D eigenvalue weighted by molar-refractivity contribution is -0.0522. The van der Waals surface area contributed by atoms with Gasteiger partial charge in [-0.15, -0.1) is 0 Å². The summed E-state index contributed by atoms with van der Waals surface area (Å²) in [6.07, 6.45) is 2.16. The number of ether oxygens (including phenoxy) is 1. The summed E-state index contributed by atoms with van der Waals surface area (Å²) in [6.45, 7) is 9.09. The van der Waals surface area contributed by atoms with Crippen LogP contribution in [0.15, 0.2) is 6.20 Å². The number of piperidine rings is 1. The maximum absolute atomic E-state index is 12.6. The second-order valence-corrected chi connectivity index (χ2v) is 7.89. The molecule has 132 valence electrons. The van der Waals surface area contributed by atoms with Crippen molar-refractivity contribution in [3.05, 3.63) is 11.9 Å². The van der Waals surface area contributed by atoms with Gasteiger partial charge in [0.05, 0.1) is 12.6 Å². The van der Waals surface area contributed by atoms with Crippen molar-refractivity contribution >= 4 is 11.9 Å². The number of ketones is 1. The summed E-state index contributed by atoms with van der Waals surface area (Å²) in [5.41, 5.74) is -0.461. The van der Waals surface area contributed by atoms with Gasteiger partial charge >= 0.3 is 6.09 Å². The molecule has 1 fully saturated rings. The van der Waals surface area contributed by atoms with Gasteiger partial charge in [0.25, 0.3) is 0 Å². The Kier molecular flexibility index (Phi) is 3.85. The molecule has 2 atom stereocenters. The molecule has 0 bridgehead atoms. The number of fused-ring (bicyclic) bond motifs is 1. The minimum Gasteiger partial charge on any atom is -0.483 e. The molecule has 2 aliphatic rings. The fraction of sp³-hybridized carbons (Fsp3) is 0.706. The second-order valence-electron chi connectivity index (χ2n) is 7.89. The predicted octanol–water partition coefficient (Wildman–Crippen LogP) is 2.80. The van der Waals surface area contributed by atoms with Crippen molar-refractivity contribution < 1.29 is 19.4 Å². The zero-order chi connectivity index (χ0) is 17.7. The lowest BCUT2D eigenvalue weighted by Crippen LogP contribution is -2.59. The first-order valence-electron chi connectivity index (χ1n) is 8.44. The molecule has 7 nitrogen and oxygen atoms in total. The van der Waals surface area contributed by atoms with Crippen LogP contribution in [0.1, 0.15) is 57.4 Å². The molecular weight excluding hydrogens is 310 g/mol. The minimum atomic E-state index is -0.911. The van der Waals surface area contributed by atoms with Crippen LogP contribution in [0.3, 0.4) is 0 Å². The van der Waals surface area contributed by atoms with E-state index in [4.69, 9.17) is 4.74 Å². The molecule has 0 aliphatic carbocycles. The molecule has 0 aromatic carbocycles. The van der Waals surface area contributed by atoms with Crippen molar-refractivity contribution in [2.75, 3.05) is 6.54 Å². The Morgan fingerprint density at radius 3 is 2.79 bits per heavy atom. The van der Waals surface area contributed by atoms with Gasteiger partial charge < -0.3 is 14.7 Å². The number of rotatable bonds is 1. The molecule has 1 spiro atoms. The van der Waals surface area contributed by atoms with Gasteiger partial charge in [0.1, 0.15) is 5.60 Å². The van der Waals surface area contributed by atoms with E-state index in [-0.39, 0.29) is 23.7 Å². The summed E-state index contributed by atoms with van der Waals surface area (Å²) in [7, 11) is 0. The standard InChI is InChI=1S/C17H25N3O4/c1-5-19-10-12-14(18-19)11(21)8-17(24-12)6-7-20(15(22)23)13(9-17)16(2,3)4/h10,13H,5-9H2,1-4H3,(H,22,23). The lowest BCUT2D eigenvalue weighted by Gasteiger charge is -2.50. The molecule has 1 amide bonds. The van der Waals surface area contributed by atoms with Crippen LogP contribution in [0.2, 0.25) is 0 Å². The third-order valence-electron chi connectivity index (χ3n) is 5.12. The Morgan fingerprint density at radius 1 is 1.50 bits per heavy atom. The second kappa shape index (κ2) is 5.50. The van der Waals surface area contributed by atoms with Crippen LogP contribution in [0, 0.1) is 5.41 Å². The van der Waals surface area contributed by atoms with Gasteiger partial charge in [0.15, 0.2) is 17.2 Å². The van der Waals surface area contributed by atoms with E-state index in [0.29, 0.717) is 37.4 Å². The van der Waals surface area contributed by atoms with Crippen LogP contribution in [-0.2, 0) is 6.54 Å². The number of amides is 1. The molecule has 1 aromatic rings. The van der Waals surface area contributed by atoms with Crippen LogP contribution in [0.4, 0.5) is 4.79 Å². The highest BCUT2D eigenvalue weighted by atomic mass is 16.5. The Morgan fingerprint density at radius 2 is 2.21 bits per heavy atom. The molecule has 7 heteroatoms. The number of carboxylic acid groups (broad SMARTS) is 1. The van der Waals surface area contributed by atoms with Gasteiger partial charge in [0, 0.05) is 32.0 Å². The number of aromatic nitrogens is 2. The number of hydrogen-bond acceptors (Lipinski definition) is 4. The first-order valence-corrected chi connectivity index (χ1v) is 8.44. The third-order valence-corrected chi connectivity index (χ3v) is 5.12. The predicted molar refractivity (Wildman–Crippen MR) is 87.4 cm³/mol. The first kappa shape index (κ1) is 16.8. The van der Waals surface area contributed by atoms with Crippen molar-refractivity contribution in [3.63, 3.8) is 0 Å². The van der Waals surface area contributed by atoms with E-state index in [2.05, 4.69) is 5.10 Å². The molecule has 1 N–H and O–H groups in total. The van der Waals surface area contributed by atoms with Crippen LogP contribution in [-0.4, -0.2) is 49.9 Å². The fourth-order valence-electron chi connectivity index (χ4n) is 3.78. The third kappa shape index (κ3) is 2.76. The Bertz CT molecular complexity index is 676. The van der Waals surface area contributed by atoms with Gasteiger partial charge in [-0.1, -0.05) is 20.8 Å². The molecule has 0 radical (unpaired) electrons. The average molecular weight is 335 g/mol. The summed E-state index contributed by atoms with van der Waals surface area (Å²) in [4.78, 5) is 25.7. The smallest absolute Gasteiger partial charge is 0.407 e.